The molecule has 0 spiro atoms. The number of nitriles is 1. The number of hydrogen-bond acceptors (Lipinski definition) is 5. The van der Waals surface area contributed by atoms with Crippen LogP contribution in [0.4, 0.5) is 5.69 Å². The number of rotatable bonds is 4. The van der Waals surface area contributed by atoms with Crippen molar-refractivity contribution in [1.29, 1.82) is 5.26 Å². The first-order valence-electron chi connectivity index (χ1n) is 6.82. The molecule has 1 heterocycles. The minimum absolute atomic E-state index is 0.0212. The molecule has 2 rings (SSSR count). The van der Waals surface area contributed by atoms with Gasteiger partial charge in [0.15, 0.2) is 0 Å². The summed E-state index contributed by atoms with van der Waals surface area (Å²) in [6.45, 7) is 1.75. The van der Waals surface area contributed by atoms with Crippen LogP contribution in [-0.2, 0) is 9.53 Å². The molecule has 0 radical (unpaired) electrons. The van der Waals surface area contributed by atoms with Gasteiger partial charge in [0.05, 0.1) is 7.11 Å². The number of anilines is 1. The average Bonchev–Trinajstić information content (AvgIpc) is 3.04. The van der Waals surface area contributed by atoms with Crippen molar-refractivity contribution in [2.24, 2.45) is 0 Å². The smallest absolute Gasteiger partial charge is 0.373 e. The van der Waals surface area contributed by atoms with Crippen LogP contribution >= 0.6 is 11.6 Å². The van der Waals surface area contributed by atoms with Gasteiger partial charge in [-0.1, -0.05) is 17.7 Å². The van der Waals surface area contributed by atoms with Gasteiger partial charge >= 0.3 is 5.97 Å². The summed E-state index contributed by atoms with van der Waals surface area (Å²) in [6, 6.07) is 9.72. The van der Waals surface area contributed by atoms with Crippen molar-refractivity contribution >= 4 is 35.2 Å². The fourth-order valence-electron chi connectivity index (χ4n) is 1.86. The number of amides is 1. The van der Waals surface area contributed by atoms with Gasteiger partial charge in [0, 0.05) is 16.8 Å². The third-order valence-corrected chi connectivity index (χ3v) is 3.59. The van der Waals surface area contributed by atoms with Gasteiger partial charge in [-0.3, -0.25) is 4.79 Å². The first-order valence-corrected chi connectivity index (χ1v) is 7.20. The molecule has 1 aromatic carbocycles. The topological polar surface area (TPSA) is 92.3 Å². The molecule has 7 heteroatoms. The zero-order valence-electron chi connectivity index (χ0n) is 12.9. The van der Waals surface area contributed by atoms with Crippen molar-refractivity contribution in [2.75, 3.05) is 12.4 Å². The lowest BCUT2D eigenvalue weighted by Gasteiger charge is -2.08. The number of carbonyl (C=O) groups is 2. The second-order valence-corrected chi connectivity index (χ2v) is 5.14. The van der Waals surface area contributed by atoms with Gasteiger partial charge in [0.1, 0.15) is 17.4 Å². The number of esters is 1. The van der Waals surface area contributed by atoms with E-state index < -0.39 is 11.9 Å². The molecule has 1 aromatic heterocycles. The van der Waals surface area contributed by atoms with E-state index >= 15 is 0 Å². The summed E-state index contributed by atoms with van der Waals surface area (Å²) >= 11 is 6.00. The molecule has 0 aliphatic carbocycles. The monoisotopic (exact) mass is 344 g/mol. The minimum atomic E-state index is -0.646. The molecular weight excluding hydrogens is 332 g/mol. The quantitative estimate of drug-likeness (QED) is 0.520. The average molecular weight is 345 g/mol. The molecule has 0 saturated carbocycles. The Kier molecular flexibility index (Phi) is 5.40. The van der Waals surface area contributed by atoms with Crippen LogP contribution in [0.15, 0.2) is 40.3 Å². The van der Waals surface area contributed by atoms with Gasteiger partial charge in [0.25, 0.3) is 5.91 Å². The Hall–Kier alpha value is -3.04. The normalized spacial score (nSPS) is 10.8. The lowest BCUT2D eigenvalue weighted by molar-refractivity contribution is -0.112. The van der Waals surface area contributed by atoms with Crippen molar-refractivity contribution in [3.63, 3.8) is 0 Å². The fraction of sp³-hybridized carbons (Fsp3) is 0.118. The molecule has 0 saturated heterocycles. The van der Waals surface area contributed by atoms with Crippen LogP contribution in [0.1, 0.15) is 21.9 Å². The Labute approximate surface area is 143 Å². The van der Waals surface area contributed by atoms with Gasteiger partial charge < -0.3 is 14.5 Å². The first kappa shape index (κ1) is 17.3. The van der Waals surface area contributed by atoms with Crippen molar-refractivity contribution < 1.29 is 18.7 Å². The summed E-state index contributed by atoms with van der Waals surface area (Å²) < 4.78 is 9.73. The highest BCUT2D eigenvalue weighted by atomic mass is 35.5. The van der Waals surface area contributed by atoms with E-state index in [0.717, 1.165) is 0 Å². The van der Waals surface area contributed by atoms with Crippen LogP contribution < -0.4 is 5.32 Å². The molecule has 0 fully saturated rings. The van der Waals surface area contributed by atoms with Crippen LogP contribution in [0.5, 0.6) is 0 Å². The predicted octanol–water partition coefficient (Wildman–Crippen LogP) is 3.57. The minimum Gasteiger partial charge on any atom is -0.463 e. The maximum atomic E-state index is 12.2. The Bertz CT molecular complexity index is 862. The molecule has 2 aromatic rings. The van der Waals surface area contributed by atoms with E-state index in [1.165, 1.54) is 25.3 Å². The van der Waals surface area contributed by atoms with Gasteiger partial charge in [-0.25, -0.2) is 4.79 Å². The van der Waals surface area contributed by atoms with Gasteiger partial charge in [-0.15, -0.1) is 0 Å². The molecular formula is C17H13ClN2O4. The molecule has 1 N–H and O–H groups in total. The van der Waals surface area contributed by atoms with Crippen LogP contribution in [0.3, 0.4) is 0 Å². The summed E-state index contributed by atoms with van der Waals surface area (Å²) in [6.07, 6.45) is 1.24. The van der Waals surface area contributed by atoms with Crippen LogP contribution in [0.2, 0.25) is 5.02 Å². The SMILES string of the molecule is COC(=O)c1ccc(/C=C(/C#N)C(=O)Nc2cccc(Cl)c2C)o1. The largest absolute Gasteiger partial charge is 0.463 e. The number of nitrogens with one attached hydrogen (secondary N) is 1. The maximum absolute atomic E-state index is 12.2. The molecule has 0 unspecified atom stereocenters. The number of ether oxygens (including phenoxy) is 1. The molecule has 122 valence electrons. The number of carbonyl (C=O) groups excluding carboxylic acids is 2. The third-order valence-electron chi connectivity index (χ3n) is 3.18. The molecule has 1 amide bonds. The molecule has 24 heavy (non-hydrogen) atoms. The first-order chi connectivity index (χ1) is 11.5. The highest BCUT2D eigenvalue weighted by molar-refractivity contribution is 6.31. The zero-order chi connectivity index (χ0) is 17.7. The van der Waals surface area contributed by atoms with Crippen LogP contribution in [0.25, 0.3) is 6.08 Å². The molecule has 0 aliphatic heterocycles. The number of halogens is 1. The van der Waals surface area contributed by atoms with Crippen molar-refractivity contribution in [1.82, 2.24) is 0 Å². The van der Waals surface area contributed by atoms with E-state index in [1.54, 1.807) is 31.2 Å². The van der Waals surface area contributed by atoms with E-state index in [0.29, 0.717) is 16.3 Å². The highest BCUT2D eigenvalue weighted by Gasteiger charge is 2.14. The Morgan fingerprint density at radius 3 is 2.75 bits per heavy atom. The summed E-state index contributed by atoms with van der Waals surface area (Å²) in [5, 5.41) is 12.3. The van der Waals surface area contributed by atoms with Crippen molar-refractivity contribution in [2.45, 2.75) is 6.92 Å². The summed E-state index contributed by atoms with van der Waals surface area (Å²) in [4.78, 5) is 23.6. The number of hydrogen-bond donors (Lipinski definition) is 1. The maximum Gasteiger partial charge on any atom is 0.373 e. The molecule has 0 atom stereocenters. The Morgan fingerprint density at radius 2 is 2.08 bits per heavy atom. The second-order valence-electron chi connectivity index (χ2n) is 4.73. The number of benzene rings is 1. The fourth-order valence-corrected chi connectivity index (χ4v) is 2.04. The number of nitrogens with zero attached hydrogens (tertiary/aromatic N) is 1. The van der Waals surface area contributed by atoms with Gasteiger partial charge in [-0.05, 0) is 36.8 Å². The Balaban J connectivity index is 2.23. The molecule has 0 bridgehead atoms. The van der Waals surface area contributed by atoms with Crippen molar-refractivity contribution in [3.05, 3.63) is 58.0 Å². The standard InChI is InChI=1S/C17H13ClN2O4/c1-10-13(18)4-3-5-14(10)20-16(21)11(9-19)8-12-6-7-15(24-12)17(22)23-2/h3-8H,1-2H3,(H,20,21)/b11-8-. The lowest BCUT2D eigenvalue weighted by atomic mass is 10.1. The van der Waals surface area contributed by atoms with E-state index in [2.05, 4.69) is 10.1 Å². The number of furan rings is 1. The zero-order valence-corrected chi connectivity index (χ0v) is 13.7. The summed E-state index contributed by atoms with van der Waals surface area (Å²) in [5.41, 5.74) is 1.01. The third kappa shape index (κ3) is 3.83. The van der Waals surface area contributed by atoms with E-state index in [4.69, 9.17) is 16.0 Å². The van der Waals surface area contributed by atoms with Gasteiger partial charge in [-0.2, -0.15) is 5.26 Å². The lowest BCUT2D eigenvalue weighted by Crippen LogP contribution is -2.14. The predicted molar refractivity (Wildman–Crippen MR) is 88.5 cm³/mol. The van der Waals surface area contributed by atoms with Crippen LogP contribution in [0, 0.1) is 18.3 Å². The molecule has 0 aliphatic rings. The number of methoxy groups -OCH3 is 1. The van der Waals surface area contributed by atoms with E-state index in [-0.39, 0.29) is 17.1 Å². The van der Waals surface area contributed by atoms with Gasteiger partial charge in [0.2, 0.25) is 5.76 Å². The summed E-state index contributed by atoms with van der Waals surface area (Å²) in [5.74, 6) is -1.09. The second kappa shape index (κ2) is 7.49. The highest BCUT2D eigenvalue weighted by Crippen LogP contribution is 2.23. The Morgan fingerprint density at radius 1 is 1.33 bits per heavy atom. The van der Waals surface area contributed by atoms with E-state index in [1.807, 2.05) is 0 Å². The molecule has 6 nitrogen and oxygen atoms in total. The summed E-state index contributed by atoms with van der Waals surface area (Å²) in [7, 11) is 1.22. The van der Waals surface area contributed by atoms with E-state index in [9.17, 15) is 14.9 Å². The van der Waals surface area contributed by atoms with Crippen LogP contribution in [-0.4, -0.2) is 19.0 Å². The van der Waals surface area contributed by atoms with Crippen molar-refractivity contribution in [3.8, 4) is 6.07 Å².